The number of hydrogen-bond donors (Lipinski definition) is 0. The number of likely N-dealkylation sites (tertiary alicyclic amines) is 2. The summed E-state index contributed by atoms with van der Waals surface area (Å²) in [6.07, 6.45) is 2.52. The van der Waals surface area contributed by atoms with Crippen molar-refractivity contribution >= 4 is 11.9 Å². The van der Waals surface area contributed by atoms with Crippen molar-refractivity contribution in [1.29, 1.82) is 0 Å². The number of nitrogens with zero attached hydrogens (tertiary/aromatic N) is 2. The normalized spacial score (nSPS) is 24.2. The molecule has 4 rings (SSSR count). The second-order valence-corrected chi connectivity index (χ2v) is 9.10. The van der Waals surface area contributed by atoms with Gasteiger partial charge in [-0.1, -0.05) is 60.7 Å². The fraction of sp³-hybridized carbons (Fsp3) is 0.481. The zero-order chi connectivity index (χ0) is 22.3. The Hall–Kier alpha value is -2.66. The molecule has 170 valence electrons. The van der Waals surface area contributed by atoms with Gasteiger partial charge in [0.15, 0.2) is 0 Å². The first-order chi connectivity index (χ1) is 15.6. The lowest BCUT2D eigenvalue weighted by Crippen LogP contribution is -2.50. The Morgan fingerprint density at radius 3 is 2.38 bits per heavy atom. The van der Waals surface area contributed by atoms with Crippen LogP contribution in [-0.4, -0.2) is 54.5 Å². The maximum absolute atomic E-state index is 13.6. The first-order valence-corrected chi connectivity index (χ1v) is 11.9. The van der Waals surface area contributed by atoms with Gasteiger partial charge in [0.2, 0.25) is 5.91 Å². The molecule has 5 heteroatoms. The molecule has 2 fully saturated rings. The van der Waals surface area contributed by atoms with Crippen molar-refractivity contribution in [2.75, 3.05) is 32.8 Å². The summed E-state index contributed by atoms with van der Waals surface area (Å²) < 4.78 is 5.23. The van der Waals surface area contributed by atoms with Crippen molar-refractivity contribution in [2.24, 2.45) is 11.8 Å². The molecular weight excluding hydrogens is 400 g/mol. The third-order valence-corrected chi connectivity index (χ3v) is 6.75. The topological polar surface area (TPSA) is 49.9 Å². The van der Waals surface area contributed by atoms with Crippen molar-refractivity contribution in [3.8, 4) is 0 Å². The molecule has 2 aromatic carbocycles. The van der Waals surface area contributed by atoms with Gasteiger partial charge < -0.3 is 9.64 Å². The highest BCUT2D eigenvalue weighted by atomic mass is 16.5. The predicted molar refractivity (Wildman–Crippen MR) is 125 cm³/mol. The highest BCUT2D eigenvalue weighted by molar-refractivity contribution is 5.81. The monoisotopic (exact) mass is 434 g/mol. The lowest BCUT2D eigenvalue weighted by Gasteiger charge is -2.41. The summed E-state index contributed by atoms with van der Waals surface area (Å²) in [4.78, 5) is 30.2. The molecule has 0 aromatic heterocycles. The van der Waals surface area contributed by atoms with Gasteiger partial charge in [-0.05, 0) is 43.2 Å². The molecule has 2 aliphatic rings. The Labute approximate surface area is 191 Å². The van der Waals surface area contributed by atoms with Crippen molar-refractivity contribution < 1.29 is 14.3 Å². The van der Waals surface area contributed by atoms with E-state index in [4.69, 9.17) is 4.74 Å². The molecule has 5 nitrogen and oxygen atoms in total. The molecule has 32 heavy (non-hydrogen) atoms. The Bertz CT molecular complexity index is 886. The van der Waals surface area contributed by atoms with E-state index in [-0.39, 0.29) is 23.7 Å². The summed E-state index contributed by atoms with van der Waals surface area (Å²) >= 11 is 0. The van der Waals surface area contributed by atoms with Crippen molar-refractivity contribution in [1.82, 2.24) is 9.80 Å². The van der Waals surface area contributed by atoms with Crippen molar-refractivity contribution in [3.63, 3.8) is 0 Å². The van der Waals surface area contributed by atoms with Gasteiger partial charge in [-0.3, -0.25) is 14.5 Å². The first kappa shape index (κ1) is 22.5. The van der Waals surface area contributed by atoms with Crippen LogP contribution in [0.5, 0.6) is 0 Å². The number of hydrogen-bond acceptors (Lipinski definition) is 4. The molecule has 2 saturated heterocycles. The number of rotatable bonds is 6. The standard InChI is InChI=1S/C27H34N2O3/c1-2-32-27(31)23-14-9-15-29(20-23)26(30)25-16-24(22-12-7-4-8-13-22)18-28(19-25)17-21-10-5-3-6-11-21/h3-8,10-13,23-25H,2,9,14-20H2,1H3. The molecule has 1 amide bonds. The summed E-state index contributed by atoms with van der Waals surface area (Å²) in [5, 5.41) is 0. The highest BCUT2D eigenvalue weighted by Gasteiger charge is 2.37. The minimum atomic E-state index is -0.193. The third-order valence-electron chi connectivity index (χ3n) is 6.75. The SMILES string of the molecule is CCOC(=O)C1CCCN(C(=O)C2CC(c3ccccc3)CN(Cc3ccccc3)C2)C1. The van der Waals surface area contributed by atoms with Gasteiger partial charge in [0, 0.05) is 32.7 Å². The highest BCUT2D eigenvalue weighted by Crippen LogP contribution is 2.33. The minimum absolute atomic E-state index is 0.0568. The molecule has 0 radical (unpaired) electrons. The quantitative estimate of drug-likeness (QED) is 0.643. The summed E-state index contributed by atoms with van der Waals surface area (Å²) in [6, 6.07) is 21.0. The molecule has 2 aliphatic heterocycles. The van der Waals surface area contributed by atoms with E-state index < -0.39 is 0 Å². The van der Waals surface area contributed by atoms with Gasteiger partial charge in [0.05, 0.1) is 18.4 Å². The molecule has 0 spiro atoms. The molecule has 0 N–H and O–H groups in total. The molecule has 3 unspecified atom stereocenters. The van der Waals surface area contributed by atoms with Gasteiger partial charge >= 0.3 is 5.97 Å². The minimum Gasteiger partial charge on any atom is -0.466 e. The maximum atomic E-state index is 13.6. The van der Waals surface area contributed by atoms with Crippen LogP contribution in [0.25, 0.3) is 0 Å². The number of carbonyl (C=O) groups excluding carboxylic acids is 2. The Kier molecular flexibility index (Phi) is 7.59. The van der Waals surface area contributed by atoms with E-state index >= 15 is 0 Å². The lowest BCUT2D eigenvalue weighted by atomic mass is 9.83. The third kappa shape index (κ3) is 5.57. The summed E-state index contributed by atoms with van der Waals surface area (Å²) in [5.41, 5.74) is 2.57. The van der Waals surface area contributed by atoms with E-state index in [0.717, 1.165) is 45.4 Å². The van der Waals surface area contributed by atoms with E-state index in [1.807, 2.05) is 24.0 Å². The van der Waals surface area contributed by atoms with Crippen LogP contribution in [0.1, 0.15) is 43.2 Å². The molecule has 0 bridgehead atoms. The second-order valence-electron chi connectivity index (χ2n) is 9.10. The van der Waals surface area contributed by atoms with Crippen LogP contribution in [0.4, 0.5) is 0 Å². The van der Waals surface area contributed by atoms with Crippen LogP contribution in [-0.2, 0) is 20.9 Å². The van der Waals surface area contributed by atoms with Gasteiger partial charge in [-0.25, -0.2) is 0 Å². The van der Waals surface area contributed by atoms with Gasteiger partial charge in [0.1, 0.15) is 0 Å². The predicted octanol–water partition coefficient (Wildman–Crippen LogP) is 4.09. The summed E-state index contributed by atoms with van der Waals surface area (Å²) in [6.45, 7) is 6.00. The van der Waals surface area contributed by atoms with E-state index in [0.29, 0.717) is 19.1 Å². The molecule has 2 heterocycles. The fourth-order valence-electron chi connectivity index (χ4n) is 5.19. The van der Waals surface area contributed by atoms with Crippen molar-refractivity contribution in [3.05, 3.63) is 71.8 Å². The van der Waals surface area contributed by atoms with E-state index in [1.54, 1.807) is 0 Å². The molecule has 0 aliphatic carbocycles. The molecular formula is C27H34N2O3. The van der Waals surface area contributed by atoms with Crippen LogP contribution in [0.15, 0.2) is 60.7 Å². The zero-order valence-electron chi connectivity index (χ0n) is 19.0. The van der Waals surface area contributed by atoms with Gasteiger partial charge in [-0.2, -0.15) is 0 Å². The number of benzene rings is 2. The average molecular weight is 435 g/mol. The largest absolute Gasteiger partial charge is 0.466 e. The van der Waals surface area contributed by atoms with Crippen LogP contribution in [0, 0.1) is 11.8 Å². The number of esters is 1. The zero-order valence-corrected chi connectivity index (χ0v) is 19.0. The Morgan fingerprint density at radius 1 is 0.938 bits per heavy atom. The molecule has 3 atom stereocenters. The van der Waals surface area contributed by atoms with Crippen LogP contribution >= 0.6 is 0 Å². The fourth-order valence-corrected chi connectivity index (χ4v) is 5.19. The van der Waals surface area contributed by atoms with E-state index in [2.05, 4.69) is 53.4 Å². The number of piperidine rings is 2. The van der Waals surface area contributed by atoms with E-state index in [1.165, 1.54) is 11.1 Å². The lowest BCUT2D eigenvalue weighted by molar-refractivity contribution is -0.152. The number of amides is 1. The first-order valence-electron chi connectivity index (χ1n) is 11.9. The van der Waals surface area contributed by atoms with Crippen LogP contribution < -0.4 is 0 Å². The summed E-state index contributed by atoms with van der Waals surface area (Å²) in [7, 11) is 0. The van der Waals surface area contributed by atoms with Crippen LogP contribution in [0.3, 0.4) is 0 Å². The Balaban J connectivity index is 1.49. The van der Waals surface area contributed by atoms with Crippen LogP contribution in [0.2, 0.25) is 0 Å². The number of carbonyl (C=O) groups is 2. The van der Waals surface area contributed by atoms with E-state index in [9.17, 15) is 9.59 Å². The molecule has 2 aromatic rings. The summed E-state index contributed by atoms with van der Waals surface area (Å²) in [5.74, 6) is 0.104. The average Bonchev–Trinajstić information content (AvgIpc) is 2.85. The smallest absolute Gasteiger partial charge is 0.310 e. The number of ether oxygens (including phenoxy) is 1. The Morgan fingerprint density at radius 2 is 1.66 bits per heavy atom. The second kappa shape index (κ2) is 10.8. The van der Waals surface area contributed by atoms with Crippen molar-refractivity contribution in [2.45, 2.75) is 38.6 Å². The van der Waals surface area contributed by atoms with Gasteiger partial charge in [0.25, 0.3) is 0 Å². The maximum Gasteiger partial charge on any atom is 0.310 e. The molecule has 0 saturated carbocycles. The van der Waals surface area contributed by atoms with Gasteiger partial charge in [-0.15, -0.1) is 0 Å².